The molecule has 0 bridgehead atoms. The number of hydrogen-bond donors (Lipinski definition) is 1. The van der Waals surface area contributed by atoms with Crippen LogP contribution in [0.1, 0.15) is 5.69 Å². The Morgan fingerprint density at radius 3 is 2.62 bits per heavy atom. The van der Waals surface area contributed by atoms with Crippen LogP contribution in [0.2, 0.25) is 5.02 Å². The molecule has 0 amide bonds. The van der Waals surface area contributed by atoms with Gasteiger partial charge in [-0.05, 0) is 63.0 Å². The van der Waals surface area contributed by atoms with Crippen molar-refractivity contribution in [3.63, 3.8) is 0 Å². The van der Waals surface area contributed by atoms with E-state index in [0.29, 0.717) is 29.3 Å². The SMILES string of the molecule is COc1cc(Nc2nc(Oc3ccccc3Cl)n(CCN(C)C)n2)ccc1-c1ccnc(C)c1. The molecule has 0 aliphatic heterocycles. The summed E-state index contributed by atoms with van der Waals surface area (Å²) in [6.07, 6.45) is 1.79. The zero-order valence-corrected chi connectivity index (χ0v) is 20.4. The van der Waals surface area contributed by atoms with Gasteiger partial charge in [0.05, 0.1) is 18.7 Å². The maximum absolute atomic E-state index is 6.27. The quantitative estimate of drug-likeness (QED) is 0.344. The van der Waals surface area contributed by atoms with Gasteiger partial charge >= 0.3 is 6.01 Å². The van der Waals surface area contributed by atoms with E-state index in [0.717, 1.165) is 34.8 Å². The van der Waals surface area contributed by atoms with Crippen molar-refractivity contribution in [1.29, 1.82) is 0 Å². The first-order valence-corrected chi connectivity index (χ1v) is 11.2. The minimum absolute atomic E-state index is 0.355. The van der Waals surface area contributed by atoms with E-state index in [2.05, 4.69) is 25.3 Å². The van der Waals surface area contributed by atoms with Gasteiger partial charge in [0, 0.05) is 35.8 Å². The van der Waals surface area contributed by atoms with Crippen molar-refractivity contribution in [2.24, 2.45) is 0 Å². The summed E-state index contributed by atoms with van der Waals surface area (Å²) < 4.78 is 13.4. The van der Waals surface area contributed by atoms with Crippen molar-refractivity contribution in [2.45, 2.75) is 13.5 Å². The number of halogens is 1. The Hall–Kier alpha value is -3.62. The Kier molecular flexibility index (Phi) is 7.30. The lowest BCUT2D eigenvalue weighted by molar-refractivity contribution is 0.341. The molecule has 0 unspecified atom stereocenters. The molecular weight excluding hydrogens is 452 g/mol. The third-order valence-corrected chi connectivity index (χ3v) is 5.41. The first-order chi connectivity index (χ1) is 16.4. The van der Waals surface area contributed by atoms with Crippen molar-refractivity contribution in [2.75, 3.05) is 33.1 Å². The van der Waals surface area contributed by atoms with Crippen LogP contribution in [0.4, 0.5) is 11.6 Å². The zero-order chi connectivity index (χ0) is 24.1. The molecule has 2 heterocycles. The third kappa shape index (κ3) is 5.65. The second-order valence-corrected chi connectivity index (χ2v) is 8.41. The summed E-state index contributed by atoms with van der Waals surface area (Å²) in [6, 6.07) is 17.5. The zero-order valence-electron chi connectivity index (χ0n) is 19.6. The molecule has 9 heteroatoms. The second-order valence-electron chi connectivity index (χ2n) is 8.00. The van der Waals surface area contributed by atoms with Crippen LogP contribution in [-0.4, -0.2) is 52.4 Å². The van der Waals surface area contributed by atoms with E-state index in [1.807, 2.05) is 63.5 Å². The topological polar surface area (TPSA) is 77.3 Å². The highest BCUT2D eigenvalue weighted by Gasteiger charge is 2.15. The number of aromatic nitrogens is 4. The van der Waals surface area contributed by atoms with Crippen LogP contribution in [0.15, 0.2) is 60.8 Å². The molecule has 0 fully saturated rings. The van der Waals surface area contributed by atoms with Crippen LogP contribution < -0.4 is 14.8 Å². The van der Waals surface area contributed by atoms with Gasteiger partial charge < -0.3 is 19.7 Å². The molecule has 2 aromatic carbocycles. The van der Waals surface area contributed by atoms with Gasteiger partial charge in [-0.1, -0.05) is 23.7 Å². The molecule has 34 heavy (non-hydrogen) atoms. The first kappa shape index (κ1) is 23.5. The van der Waals surface area contributed by atoms with E-state index < -0.39 is 0 Å². The number of anilines is 2. The summed E-state index contributed by atoms with van der Waals surface area (Å²) in [5.41, 5.74) is 3.75. The normalized spacial score (nSPS) is 11.0. The minimum Gasteiger partial charge on any atom is -0.496 e. The highest BCUT2D eigenvalue weighted by atomic mass is 35.5. The van der Waals surface area contributed by atoms with Gasteiger partial charge in [0.1, 0.15) is 11.5 Å². The summed E-state index contributed by atoms with van der Waals surface area (Å²) in [4.78, 5) is 10.9. The van der Waals surface area contributed by atoms with Gasteiger partial charge in [-0.25, -0.2) is 4.68 Å². The summed E-state index contributed by atoms with van der Waals surface area (Å²) in [6.45, 7) is 3.34. The average molecular weight is 479 g/mol. The largest absolute Gasteiger partial charge is 0.496 e. The molecule has 4 rings (SSSR count). The molecule has 0 spiro atoms. The number of aryl methyl sites for hydroxylation is 1. The summed E-state index contributed by atoms with van der Waals surface area (Å²) in [5, 5.41) is 8.36. The number of rotatable bonds is 9. The molecule has 8 nitrogen and oxygen atoms in total. The van der Waals surface area contributed by atoms with Crippen molar-refractivity contribution in [1.82, 2.24) is 24.6 Å². The number of nitrogens with zero attached hydrogens (tertiary/aromatic N) is 5. The fraction of sp³-hybridized carbons (Fsp3) is 0.240. The number of nitrogens with one attached hydrogen (secondary N) is 1. The first-order valence-electron chi connectivity index (χ1n) is 10.8. The fourth-order valence-electron chi connectivity index (χ4n) is 3.37. The summed E-state index contributed by atoms with van der Waals surface area (Å²) in [7, 11) is 5.66. The van der Waals surface area contributed by atoms with Gasteiger partial charge in [-0.15, -0.1) is 5.10 Å². The van der Waals surface area contributed by atoms with Crippen molar-refractivity contribution in [3.05, 3.63) is 71.5 Å². The Morgan fingerprint density at radius 1 is 1.06 bits per heavy atom. The van der Waals surface area contributed by atoms with Crippen LogP contribution in [0.25, 0.3) is 11.1 Å². The number of methoxy groups -OCH3 is 1. The minimum atomic E-state index is 0.355. The molecule has 2 aromatic heterocycles. The van der Waals surface area contributed by atoms with Gasteiger partial charge in [0.2, 0.25) is 5.95 Å². The molecule has 0 aliphatic rings. The van der Waals surface area contributed by atoms with E-state index >= 15 is 0 Å². The Bertz CT molecular complexity index is 1270. The second kappa shape index (κ2) is 10.5. The fourth-order valence-corrected chi connectivity index (χ4v) is 3.55. The maximum Gasteiger partial charge on any atom is 0.322 e. The van der Waals surface area contributed by atoms with Crippen LogP contribution in [0.3, 0.4) is 0 Å². The number of benzene rings is 2. The predicted octanol–water partition coefficient (Wildman–Crippen LogP) is 5.41. The molecule has 0 saturated heterocycles. The number of likely N-dealkylation sites (N-methyl/N-ethyl adjacent to an activating group) is 1. The van der Waals surface area contributed by atoms with Crippen LogP contribution in [-0.2, 0) is 6.54 Å². The maximum atomic E-state index is 6.27. The highest BCUT2D eigenvalue weighted by molar-refractivity contribution is 6.32. The van der Waals surface area contributed by atoms with E-state index in [4.69, 9.17) is 21.1 Å². The Balaban J connectivity index is 1.61. The highest BCUT2D eigenvalue weighted by Crippen LogP contribution is 2.34. The number of pyridine rings is 1. The molecule has 4 aromatic rings. The molecule has 0 radical (unpaired) electrons. The van der Waals surface area contributed by atoms with Crippen LogP contribution in [0, 0.1) is 6.92 Å². The standard InChI is InChI=1S/C25H27ClN6O2/c1-17-15-18(11-12-27-17)20-10-9-19(16-23(20)33-4)28-24-29-25(32(30-24)14-13-31(2)3)34-22-8-6-5-7-21(22)26/h5-12,15-16H,13-14H2,1-4H3,(H,28,30). The smallest absolute Gasteiger partial charge is 0.322 e. The van der Waals surface area contributed by atoms with E-state index in [1.54, 1.807) is 30.1 Å². The number of para-hydroxylation sites is 1. The molecule has 0 aliphatic carbocycles. The van der Waals surface area contributed by atoms with Gasteiger partial charge in [0.15, 0.2) is 0 Å². The van der Waals surface area contributed by atoms with Crippen molar-refractivity contribution in [3.8, 4) is 28.6 Å². The van der Waals surface area contributed by atoms with E-state index in [-0.39, 0.29) is 0 Å². The van der Waals surface area contributed by atoms with Crippen molar-refractivity contribution < 1.29 is 9.47 Å². The lowest BCUT2D eigenvalue weighted by atomic mass is 10.0. The molecule has 0 saturated carbocycles. The Labute approximate surface area is 204 Å². The third-order valence-electron chi connectivity index (χ3n) is 5.10. The monoisotopic (exact) mass is 478 g/mol. The van der Waals surface area contributed by atoms with Gasteiger partial charge in [-0.2, -0.15) is 4.98 Å². The van der Waals surface area contributed by atoms with Gasteiger partial charge in [-0.3, -0.25) is 4.98 Å². The van der Waals surface area contributed by atoms with Crippen molar-refractivity contribution >= 4 is 23.2 Å². The lowest BCUT2D eigenvalue weighted by Crippen LogP contribution is -2.19. The molecule has 1 N–H and O–H groups in total. The van der Waals surface area contributed by atoms with Gasteiger partial charge in [0.25, 0.3) is 0 Å². The molecular formula is C25H27ClN6O2. The van der Waals surface area contributed by atoms with E-state index in [1.165, 1.54) is 0 Å². The molecule has 0 atom stereocenters. The van der Waals surface area contributed by atoms with Crippen LogP contribution >= 0.6 is 11.6 Å². The number of ether oxygens (including phenoxy) is 2. The van der Waals surface area contributed by atoms with Crippen LogP contribution in [0.5, 0.6) is 17.5 Å². The number of hydrogen-bond acceptors (Lipinski definition) is 7. The molecule has 176 valence electrons. The average Bonchev–Trinajstić information content (AvgIpc) is 3.20. The summed E-state index contributed by atoms with van der Waals surface area (Å²) in [5.74, 6) is 1.67. The Morgan fingerprint density at radius 2 is 1.88 bits per heavy atom. The summed E-state index contributed by atoms with van der Waals surface area (Å²) >= 11 is 6.27. The van der Waals surface area contributed by atoms with E-state index in [9.17, 15) is 0 Å². The lowest BCUT2D eigenvalue weighted by Gasteiger charge is -2.11. The predicted molar refractivity (Wildman–Crippen MR) is 134 cm³/mol.